The van der Waals surface area contributed by atoms with Crippen molar-refractivity contribution in [1.82, 2.24) is 10.2 Å². The van der Waals surface area contributed by atoms with Crippen LogP contribution in [0, 0.1) is 11.8 Å². The Morgan fingerprint density at radius 3 is 2.40 bits per heavy atom. The molecular formula is C13H28N2. The van der Waals surface area contributed by atoms with Gasteiger partial charge in [-0.05, 0) is 31.7 Å². The zero-order valence-electron chi connectivity index (χ0n) is 11.1. The molecule has 3 atom stereocenters. The Kier molecular flexibility index (Phi) is 5.07. The Balaban J connectivity index is 2.22. The average Bonchev–Trinajstić information content (AvgIpc) is 2.42. The summed E-state index contributed by atoms with van der Waals surface area (Å²) in [6.07, 6.45) is 1.38. The lowest BCUT2D eigenvalue weighted by Gasteiger charge is -2.25. The Morgan fingerprint density at radius 2 is 1.93 bits per heavy atom. The Morgan fingerprint density at radius 1 is 1.27 bits per heavy atom. The van der Waals surface area contributed by atoms with Crippen molar-refractivity contribution in [3.8, 4) is 0 Å². The molecule has 0 amide bonds. The van der Waals surface area contributed by atoms with Crippen LogP contribution in [-0.4, -0.2) is 36.6 Å². The molecular weight excluding hydrogens is 184 g/mol. The molecule has 1 heterocycles. The van der Waals surface area contributed by atoms with Crippen LogP contribution in [-0.2, 0) is 0 Å². The van der Waals surface area contributed by atoms with Gasteiger partial charge in [0.2, 0.25) is 0 Å². The second-order valence-corrected chi connectivity index (χ2v) is 5.81. The number of likely N-dealkylation sites (tertiary alicyclic amines) is 1. The number of rotatable bonds is 5. The van der Waals surface area contributed by atoms with Gasteiger partial charge in [-0.3, -0.25) is 0 Å². The summed E-state index contributed by atoms with van der Waals surface area (Å²) < 4.78 is 0. The molecule has 2 heteroatoms. The molecule has 15 heavy (non-hydrogen) atoms. The van der Waals surface area contributed by atoms with E-state index < -0.39 is 0 Å². The Labute approximate surface area is 95.4 Å². The quantitative estimate of drug-likeness (QED) is 0.752. The minimum absolute atomic E-state index is 0.613. The van der Waals surface area contributed by atoms with Crippen molar-refractivity contribution in [1.29, 1.82) is 0 Å². The van der Waals surface area contributed by atoms with Crippen LogP contribution in [0.5, 0.6) is 0 Å². The van der Waals surface area contributed by atoms with Crippen LogP contribution >= 0.6 is 0 Å². The first kappa shape index (κ1) is 13.0. The van der Waals surface area contributed by atoms with Crippen molar-refractivity contribution in [2.75, 3.05) is 19.6 Å². The van der Waals surface area contributed by atoms with Gasteiger partial charge in [-0.1, -0.05) is 27.7 Å². The normalized spacial score (nSPS) is 30.0. The summed E-state index contributed by atoms with van der Waals surface area (Å²) in [5.74, 6) is 1.66. The van der Waals surface area contributed by atoms with Crippen LogP contribution in [0.1, 0.15) is 41.0 Å². The summed E-state index contributed by atoms with van der Waals surface area (Å²) in [5, 5.41) is 3.52. The molecule has 1 fully saturated rings. The van der Waals surface area contributed by atoms with Crippen molar-refractivity contribution < 1.29 is 0 Å². The van der Waals surface area contributed by atoms with Crippen LogP contribution in [0.15, 0.2) is 0 Å². The summed E-state index contributed by atoms with van der Waals surface area (Å²) in [6.45, 7) is 15.2. The Hall–Kier alpha value is -0.0800. The van der Waals surface area contributed by atoms with Crippen molar-refractivity contribution in [3.05, 3.63) is 0 Å². The SMILES string of the molecule is CC(CNC(C)C)CN1CC(C)CC1C. The van der Waals surface area contributed by atoms with Crippen LogP contribution in [0.25, 0.3) is 0 Å². The highest BCUT2D eigenvalue weighted by molar-refractivity contribution is 4.81. The van der Waals surface area contributed by atoms with Gasteiger partial charge in [-0.2, -0.15) is 0 Å². The van der Waals surface area contributed by atoms with Crippen LogP contribution in [0.2, 0.25) is 0 Å². The highest BCUT2D eigenvalue weighted by atomic mass is 15.2. The van der Waals surface area contributed by atoms with E-state index in [2.05, 4.69) is 44.8 Å². The zero-order valence-corrected chi connectivity index (χ0v) is 11.1. The number of hydrogen-bond donors (Lipinski definition) is 1. The Bertz CT molecular complexity index is 179. The van der Waals surface area contributed by atoms with E-state index in [-0.39, 0.29) is 0 Å². The summed E-state index contributed by atoms with van der Waals surface area (Å²) in [5.41, 5.74) is 0. The summed E-state index contributed by atoms with van der Waals surface area (Å²) in [4.78, 5) is 2.65. The first-order valence-electron chi connectivity index (χ1n) is 6.46. The van der Waals surface area contributed by atoms with Crippen molar-refractivity contribution in [2.45, 2.75) is 53.1 Å². The highest BCUT2D eigenvalue weighted by Gasteiger charge is 2.26. The molecule has 1 saturated heterocycles. The van der Waals surface area contributed by atoms with Gasteiger partial charge in [-0.25, -0.2) is 0 Å². The minimum atomic E-state index is 0.613. The van der Waals surface area contributed by atoms with E-state index in [1.165, 1.54) is 19.5 Å². The predicted octanol–water partition coefficient (Wildman–Crippen LogP) is 2.35. The summed E-state index contributed by atoms with van der Waals surface area (Å²) >= 11 is 0. The van der Waals surface area contributed by atoms with E-state index in [0.29, 0.717) is 6.04 Å². The molecule has 0 aromatic heterocycles. The van der Waals surface area contributed by atoms with Crippen LogP contribution < -0.4 is 5.32 Å². The maximum Gasteiger partial charge on any atom is 0.00701 e. The van der Waals surface area contributed by atoms with Gasteiger partial charge in [0.25, 0.3) is 0 Å². The van der Waals surface area contributed by atoms with Crippen LogP contribution in [0.3, 0.4) is 0 Å². The molecule has 0 aromatic carbocycles. The second-order valence-electron chi connectivity index (χ2n) is 5.81. The fourth-order valence-corrected chi connectivity index (χ4v) is 2.54. The fourth-order valence-electron chi connectivity index (χ4n) is 2.54. The maximum absolute atomic E-state index is 3.52. The van der Waals surface area contributed by atoms with Gasteiger partial charge in [0, 0.05) is 25.2 Å². The molecule has 0 saturated carbocycles. The third-order valence-electron chi connectivity index (χ3n) is 3.33. The summed E-state index contributed by atoms with van der Waals surface area (Å²) in [7, 11) is 0. The lowest BCUT2D eigenvalue weighted by atomic mass is 10.1. The van der Waals surface area contributed by atoms with E-state index in [4.69, 9.17) is 0 Å². The maximum atomic E-state index is 3.52. The molecule has 1 aliphatic heterocycles. The first-order chi connectivity index (χ1) is 6.99. The lowest BCUT2D eigenvalue weighted by Crippen LogP contribution is -2.37. The van der Waals surface area contributed by atoms with E-state index in [0.717, 1.165) is 24.4 Å². The van der Waals surface area contributed by atoms with Crippen molar-refractivity contribution in [2.24, 2.45) is 11.8 Å². The second kappa shape index (κ2) is 5.86. The molecule has 0 aliphatic carbocycles. The number of hydrogen-bond acceptors (Lipinski definition) is 2. The lowest BCUT2D eigenvalue weighted by molar-refractivity contribution is 0.225. The van der Waals surface area contributed by atoms with E-state index >= 15 is 0 Å². The molecule has 1 N–H and O–H groups in total. The molecule has 2 nitrogen and oxygen atoms in total. The topological polar surface area (TPSA) is 15.3 Å². The number of nitrogens with one attached hydrogen (secondary N) is 1. The number of nitrogens with zero attached hydrogens (tertiary/aromatic N) is 1. The van der Waals surface area contributed by atoms with Crippen molar-refractivity contribution in [3.63, 3.8) is 0 Å². The zero-order chi connectivity index (χ0) is 11.4. The smallest absolute Gasteiger partial charge is 0.00701 e. The highest BCUT2D eigenvalue weighted by Crippen LogP contribution is 2.22. The van der Waals surface area contributed by atoms with Gasteiger partial charge < -0.3 is 10.2 Å². The first-order valence-corrected chi connectivity index (χ1v) is 6.46. The molecule has 0 radical (unpaired) electrons. The van der Waals surface area contributed by atoms with Crippen LogP contribution in [0.4, 0.5) is 0 Å². The van der Waals surface area contributed by atoms with E-state index in [1.807, 2.05) is 0 Å². The van der Waals surface area contributed by atoms with Gasteiger partial charge >= 0.3 is 0 Å². The predicted molar refractivity (Wildman–Crippen MR) is 67.1 cm³/mol. The van der Waals surface area contributed by atoms with Gasteiger partial charge in [0.15, 0.2) is 0 Å². The molecule has 0 aromatic rings. The molecule has 3 unspecified atom stereocenters. The van der Waals surface area contributed by atoms with Gasteiger partial charge in [0.05, 0.1) is 0 Å². The molecule has 90 valence electrons. The van der Waals surface area contributed by atoms with E-state index in [9.17, 15) is 0 Å². The molecule has 0 bridgehead atoms. The third-order valence-corrected chi connectivity index (χ3v) is 3.33. The van der Waals surface area contributed by atoms with Crippen molar-refractivity contribution >= 4 is 0 Å². The fraction of sp³-hybridized carbons (Fsp3) is 1.00. The monoisotopic (exact) mass is 212 g/mol. The van der Waals surface area contributed by atoms with Gasteiger partial charge in [-0.15, -0.1) is 0 Å². The standard InChI is InChI=1S/C13H28N2/c1-10(2)14-7-12(4)9-15-8-11(3)6-13(15)5/h10-14H,6-9H2,1-5H3. The molecule has 1 rings (SSSR count). The largest absolute Gasteiger partial charge is 0.314 e. The van der Waals surface area contributed by atoms with E-state index in [1.54, 1.807) is 0 Å². The molecule has 0 spiro atoms. The average molecular weight is 212 g/mol. The summed E-state index contributed by atoms with van der Waals surface area (Å²) in [6, 6.07) is 1.41. The van der Waals surface area contributed by atoms with Gasteiger partial charge in [0.1, 0.15) is 0 Å². The third kappa shape index (κ3) is 4.52. The minimum Gasteiger partial charge on any atom is -0.314 e. The molecule has 1 aliphatic rings.